The van der Waals surface area contributed by atoms with E-state index in [0.29, 0.717) is 0 Å². The normalized spacial score (nSPS) is 14.7. The molecule has 25 heteroatoms. The number of benzene rings is 2. The minimum Gasteiger partial charge on any atom is -0.743 e. The molecule has 0 fully saturated rings. The standard InChI is InChI=1S/C14H16NO2S.C8HF17O3S/c1-3-18(4-2)14-10-9-13(15(16)17)11-7-5-6-8-12(11)14;9-1(10,3(13,14)5(17,18)7(21,22)23)2(11,12)4(15,16)6(19,20)8(24,25)29(26,27)28/h5-10H,3-4H2,1-2H3;(H,26,27,28)/q+1;/p-1. The molecule has 0 saturated carbocycles. The van der Waals surface area contributed by atoms with Crippen molar-refractivity contribution in [3.63, 3.8) is 0 Å². The molecule has 2 rings (SSSR count). The van der Waals surface area contributed by atoms with Gasteiger partial charge in [-0.15, -0.1) is 0 Å². The molecular formula is C22H16F17NO5S2. The largest absolute Gasteiger partial charge is 0.743 e. The maximum absolute atomic E-state index is 13.0. The molecule has 0 amide bonds. The molecule has 0 aliphatic carbocycles. The molecule has 0 aliphatic rings. The molecule has 0 spiro atoms. The van der Waals surface area contributed by atoms with Crippen molar-refractivity contribution in [2.75, 3.05) is 11.5 Å². The van der Waals surface area contributed by atoms with Crippen LogP contribution >= 0.6 is 0 Å². The van der Waals surface area contributed by atoms with Crippen molar-refractivity contribution < 1.29 is 92.5 Å². The fourth-order valence-electron chi connectivity index (χ4n) is 3.49. The molecule has 270 valence electrons. The lowest BCUT2D eigenvalue weighted by atomic mass is 9.91. The van der Waals surface area contributed by atoms with E-state index in [4.69, 9.17) is 0 Å². The van der Waals surface area contributed by atoms with Gasteiger partial charge in [-0.1, -0.05) is 12.1 Å². The summed E-state index contributed by atoms with van der Waals surface area (Å²) >= 11 is 0. The molecule has 0 N–H and O–H groups in total. The Kier molecular flexibility index (Phi) is 11.6. The summed E-state index contributed by atoms with van der Waals surface area (Å²) in [6, 6.07) is 11.2. The smallest absolute Gasteiger partial charge is 0.460 e. The number of hydrogen-bond donors (Lipinski definition) is 0. The quantitative estimate of drug-likeness (QED) is 0.0755. The minimum absolute atomic E-state index is 0.180. The minimum atomic E-state index is -8.92. The Morgan fingerprint density at radius 1 is 0.617 bits per heavy atom. The van der Waals surface area contributed by atoms with E-state index in [1.54, 1.807) is 6.07 Å². The fourth-order valence-corrected chi connectivity index (χ4v) is 5.71. The highest BCUT2D eigenvalue weighted by Gasteiger charge is 2.95. The van der Waals surface area contributed by atoms with Crippen molar-refractivity contribution in [3.05, 3.63) is 46.5 Å². The highest BCUT2D eigenvalue weighted by molar-refractivity contribution is 7.97. The van der Waals surface area contributed by atoms with Gasteiger partial charge >= 0.3 is 47.0 Å². The van der Waals surface area contributed by atoms with Gasteiger partial charge in [0.25, 0.3) is 5.69 Å². The van der Waals surface area contributed by atoms with Crippen molar-refractivity contribution in [1.29, 1.82) is 0 Å². The summed E-state index contributed by atoms with van der Waals surface area (Å²) in [6.07, 6.45) is -7.89. The van der Waals surface area contributed by atoms with Gasteiger partial charge in [0.15, 0.2) is 15.0 Å². The average molecular weight is 761 g/mol. The molecule has 0 aromatic heterocycles. The predicted molar refractivity (Wildman–Crippen MR) is 128 cm³/mol. The van der Waals surface area contributed by atoms with Crippen LogP contribution in [0.5, 0.6) is 0 Å². The van der Waals surface area contributed by atoms with Crippen LogP contribution in [0.3, 0.4) is 0 Å². The summed E-state index contributed by atoms with van der Waals surface area (Å²) in [5, 5.41) is 4.87. The zero-order chi connectivity index (χ0) is 37.6. The fraction of sp³-hybridized carbons (Fsp3) is 0.545. The van der Waals surface area contributed by atoms with Crippen molar-refractivity contribution in [2.45, 2.75) is 65.7 Å². The Morgan fingerprint density at radius 3 is 1.32 bits per heavy atom. The van der Waals surface area contributed by atoms with Gasteiger partial charge < -0.3 is 4.55 Å². The van der Waals surface area contributed by atoms with Gasteiger partial charge in [0.05, 0.1) is 10.3 Å². The monoisotopic (exact) mass is 761 g/mol. The van der Waals surface area contributed by atoms with Crippen molar-refractivity contribution in [1.82, 2.24) is 0 Å². The number of nitro benzene ring substituents is 1. The summed E-state index contributed by atoms with van der Waals surface area (Å²) in [4.78, 5) is 12.0. The van der Waals surface area contributed by atoms with E-state index in [1.165, 1.54) is 4.90 Å². The molecule has 0 heterocycles. The van der Waals surface area contributed by atoms with Crippen LogP contribution in [-0.4, -0.2) is 76.4 Å². The van der Waals surface area contributed by atoms with E-state index < -0.39 is 57.1 Å². The number of rotatable bonds is 11. The molecular weight excluding hydrogens is 745 g/mol. The Balaban J connectivity index is 0.000000520. The average Bonchev–Trinajstić information content (AvgIpc) is 2.92. The molecule has 47 heavy (non-hydrogen) atoms. The number of non-ortho nitro benzene ring substituents is 1. The third-order valence-corrected chi connectivity index (χ3v) is 9.33. The summed E-state index contributed by atoms with van der Waals surface area (Å²) in [5.41, 5.74) is 0.199. The van der Waals surface area contributed by atoms with Crippen LogP contribution in [-0.2, 0) is 21.0 Å². The highest BCUT2D eigenvalue weighted by atomic mass is 32.2. The lowest BCUT2D eigenvalue weighted by Crippen LogP contribution is -2.75. The second-order valence-electron chi connectivity index (χ2n) is 8.87. The molecule has 0 bridgehead atoms. The van der Waals surface area contributed by atoms with E-state index >= 15 is 0 Å². The third-order valence-electron chi connectivity index (χ3n) is 6.07. The summed E-state index contributed by atoms with van der Waals surface area (Å²) in [7, 11) is -7.96. The Morgan fingerprint density at radius 2 is 0.979 bits per heavy atom. The lowest BCUT2D eigenvalue weighted by Gasteiger charge is -2.42. The van der Waals surface area contributed by atoms with Crippen LogP contribution in [0.1, 0.15) is 13.8 Å². The van der Waals surface area contributed by atoms with Gasteiger partial charge in [-0.25, -0.2) is 8.42 Å². The Labute approximate surface area is 254 Å². The van der Waals surface area contributed by atoms with E-state index in [9.17, 15) is 97.7 Å². The van der Waals surface area contributed by atoms with Crippen molar-refractivity contribution in [2.24, 2.45) is 0 Å². The third kappa shape index (κ3) is 6.62. The second-order valence-corrected chi connectivity index (χ2v) is 12.9. The summed E-state index contributed by atoms with van der Waals surface area (Å²) < 4.78 is 244. The molecule has 0 unspecified atom stereocenters. The topological polar surface area (TPSA) is 100 Å². The van der Waals surface area contributed by atoms with Crippen LogP contribution < -0.4 is 0 Å². The number of nitro groups is 1. The maximum Gasteiger partial charge on any atom is 0.460 e. The van der Waals surface area contributed by atoms with Gasteiger partial charge in [0.2, 0.25) is 0 Å². The van der Waals surface area contributed by atoms with Gasteiger partial charge in [0, 0.05) is 28.4 Å². The lowest BCUT2D eigenvalue weighted by molar-refractivity contribution is -0.458. The van der Waals surface area contributed by atoms with Gasteiger partial charge in [-0.2, -0.15) is 74.6 Å². The van der Waals surface area contributed by atoms with Crippen LogP contribution in [0, 0.1) is 10.1 Å². The van der Waals surface area contributed by atoms with Gasteiger partial charge in [-0.3, -0.25) is 10.1 Å². The van der Waals surface area contributed by atoms with Crippen LogP contribution in [0.25, 0.3) is 10.8 Å². The summed E-state index contributed by atoms with van der Waals surface area (Å²) in [6.45, 7) is 4.34. The number of alkyl halides is 17. The molecule has 0 atom stereocenters. The van der Waals surface area contributed by atoms with Gasteiger partial charge in [0.1, 0.15) is 11.5 Å². The SMILES string of the molecule is CC[S+](CC)c1ccc([N+](=O)[O-])c2ccccc12.O=S(=O)([O-])C(F)(F)C(F)(F)C(F)(F)C(F)(F)C(F)(F)C(F)(F)C(F)(F)C(F)(F)F. The first-order valence-corrected chi connectivity index (χ1v) is 14.7. The maximum atomic E-state index is 13.0. The zero-order valence-electron chi connectivity index (χ0n) is 22.6. The van der Waals surface area contributed by atoms with Crippen molar-refractivity contribution >= 4 is 37.5 Å². The van der Waals surface area contributed by atoms with Gasteiger partial charge in [-0.05, 0) is 26.0 Å². The molecule has 0 radical (unpaired) electrons. The molecule has 0 saturated heterocycles. The Bertz CT molecular complexity index is 1560. The first-order chi connectivity index (χ1) is 20.7. The van der Waals surface area contributed by atoms with Crippen LogP contribution in [0.2, 0.25) is 0 Å². The Hall–Kier alpha value is -2.83. The number of nitrogens with zero attached hydrogens (tertiary/aromatic N) is 1. The van der Waals surface area contributed by atoms with E-state index in [1.807, 2.05) is 30.3 Å². The summed E-state index contributed by atoms with van der Waals surface area (Å²) in [5.74, 6) is -50.0. The second kappa shape index (κ2) is 12.9. The van der Waals surface area contributed by atoms with Crippen LogP contribution in [0.4, 0.5) is 80.3 Å². The van der Waals surface area contributed by atoms with E-state index in [-0.39, 0.29) is 21.5 Å². The number of hydrogen-bond acceptors (Lipinski definition) is 5. The zero-order valence-corrected chi connectivity index (χ0v) is 24.2. The first kappa shape index (κ1) is 42.2. The molecule has 0 aliphatic heterocycles. The molecule has 2 aromatic carbocycles. The van der Waals surface area contributed by atoms with E-state index in [2.05, 4.69) is 13.8 Å². The van der Waals surface area contributed by atoms with Crippen LogP contribution in [0.15, 0.2) is 41.3 Å². The van der Waals surface area contributed by atoms with Crippen molar-refractivity contribution in [3.8, 4) is 0 Å². The highest BCUT2D eigenvalue weighted by Crippen LogP contribution is 2.64. The molecule has 2 aromatic rings. The predicted octanol–water partition coefficient (Wildman–Crippen LogP) is 8.26. The number of fused-ring (bicyclic) bond motifs is 1. The first-order valence-electron chi connectivity index (χ1n) is 11.7. The number of halogens is 17. The molecule has 6 nitrogen and oxygen atoms in total. The van der Waals surface area contributed by atoms with E-state index in [0.717, 1.165) is 22.3 Å².